The Bertz CT molecular complexity index is 1520. The van der Waals surface area contributed by atoms with E-state index >= 15 is 0 Å². The molecular formula is C31H50N10O21Zn2. The maximum atomic E-state index is 10.3. The summed E-state index contributed by atoms with van der Waals surface area (Å²) >= 11 is 0. The van der Waals surface area contributed by atoms with Gasteiger partial charge in [-0.1, -0.05) is 0 Å². The van der Waals surface area contributed by atoms with E-state index in [1.807, 2.05) is 0 Å². The zero-order valence-electron chi connectivity index (χ0n) is 33.8. The standard InChI is InChI=1S/2C6H9N3O2.3C5H9NO4.C4H7NO4.H2O.2Zn/c2*7-5(6(10)11)1-4-2-8-3-9-4;3*6-3(5(9)10)1-2-4(7)8;5-2(4(8)9)1-3(6)7;;;/h2*2-3,5H,1,7H2,(H,8,9)(H,10,11);3*3H,1-2,6H2,(H,7,8)(H,9,10);2H,1,5H2,(H,6,7)(H,8,9);1H2;;/q;;;;;;;2*+2/p-4/t2*5-;3*3-;2-;;;/m000000.../s1. The fraction of sp³-hybridized carbons (Fsp3) is 0.484. The SMILES string of the molecule is N[C@@H](CC(=O)[O-])C(=O)O.N[C@@H](CCC(=O)[O-])C(=O)O.N[C@@H](CCC(=O)[O-])C(=O)O.N[C@@H](CCC(=O)[O-])C(=O)O.N[C@@H](Cc1cnc[nH]1)C(=O)O.N[C@@H](Cc1cnc[nH]1)C(=O)O.O.[Zn+2].[Zn+2]. The Morgan fingerprint density at radius 1 is 0.453 bits per heavy atom. The number of hydrogen-bond acceptors (Lipinski definition) is 22. The van der Waals surface area contributed by atoms with E-state index in [4.69, 9.17) is 65.0 Å². The van der Waals surface area contributed by atoms with Crippen molar-refractivity contribution in [2.45, 2.75) is 94.0 Å². The van der Waals surface area contributed by atoms with Gasteiger partial charge in [0.25, 0.3) is 0 Å². The summed E-state index contributed by atoms with van der Waals surface area (Å²) in [6, 6.07) is -6.35. The molecule has 0 fully saturated rings. The van der Waals surface area contributed by atoms with Crippen molar-refractivity contribution in [3.8, 4) is 0 Å². The Balaban J connectivity index is -0.000000121. The molecule has 0 aromatic carbocycles. The number of nitrogens with zero attached hydrogens (tertiary/aromatic N) is 2. The van der Waals surface area contributed by atoms with Crippen LogP contribution in [-0.4, -0.2) is 152 Å². The molecule has 0 saturated heterocycles. The molecule has 22 N–H and O–H groups in total. The van der Waals surface area contributed by atoms with Gasteiger partial charge >= 0.3 is 74.8 Å². The van der Waals surface area contributed by atoms with Crippen LogP contribution in [0.25, 0.3) is 0 Å². The Morgan fingerprint density at radius 2 is 0.688 bits per heavy atom. The van der Waals surface area contributed by atoms with Gasteiger partial charge in [0.2, 0.25) is 0 Å². The zero-order chi connectivity index (χ0) is 48.4. The van der Waals surface area contributed by atoms with Crippen LogP contribution in [0.5, 0.6) is 0 Å². The van der Waals surface area contributed by atoms with Crippen molar-refractivity contribution in [1.82, 2.24) is 19.9 Å². The van der Waals surface area contributed by atoms with Gasteiger partial charge in [-0.25, -0.2) is 9.97 Å². The van der Waals surface area contributed by atoms with Gasteiger partial charge in [0, 0.05) is 66.9 Å². The molecule has 0 amide bonds. The second kappa shape index (κ2) is 42.4. The molecule has 0 bridgehead atoms. The summed E-state index contributed by atoms with van der Waals surface area (Å²) < 4.78 is 0. The molecule has 2 aromatic heterocycles. The average molecular weight is 1030 g/mol. The molecular weight excluding hydrogens is 979 g/mol. The van der Waals surface area contributed by atoms with E-state index < -0.39 is 102 Å². The molecule has 31 nitrogen and oxygen atoms in total. The first-order valence-corrected chi connectivity index (χ1v) is 16.7. The Kier molecular flexibility index (Phi) is 48.0. The van der Waals surface area contributed by atoms with Crippen LogP contribution in [0, 0.1) is 0 Å². The number of nitrogens with two attached hydrogens (primary N) is 6. The molecule has 2 aromatic rings. The smallest absolute Gasteiger partial charge is 0.550 e. The summed E-state index contributed by atoms with van der Waals surface area (Å²) in [6.07, 6.45) is 4.83. The maximum absolute atomic E-state index is 10.3. The Hall–Kier alpha value is -5.91. The van der Waals surface area contributed by atoms with Gasteiger partial charge in [0.05, 0.1) is 12.7 Å². The number of carboxylic acids is 10. The molecule has 354 valence electrons. The van der Waals surface area contributed by atoms with Crippen molar-refractivity contribution < 1.29 is 143 Å². The normalized spacial score (nSPS) is 12.0. The van der Waals surface area contributed by atoms with E-state index in [0.29, 0.717) is 0 Å². The summed E-state index contributed by atoms with van der Waals surface area (Å²) in [5.41, 5.74) is 31.7. The molecule has 33 heteroatoms. The molecule has 64 heavy (non-hydrogen) atoms. The molecule has 0 unspecified atom stereocenters. The van der Waals surface area contributed by atoms with Crippen molar-refractivity contribution in [3.63, 3.8) is 0 Å². The fourth-order valence-electron chi connectivity index (χ4n) is 2.90. The minimum atomic E-state index is -1.45. The predicted molar refractivity (Wildman–Crippen MR) is 194 cm³/mol. The quantitative estimate of drug-likeness (QED) is 0.0516. The third-order valence-electron chi connectivity index (χ3n) is 6.26. The van der Waals surface area contributed by atoms with E-state index in [2.05, 4.69) is 19.9 Å². The van der Waals surface area contributed by atoms with E-state index in [-0.39, 0.29) is 95.8 Å². The van der Waals surface area contributed by atoms with Crippen molar-refractivity contribution in [2.75, 3.05) is 0 Å². The van der Waals surface area contributed by atoms with Crippen molar-refractivity contribution in [1.29, 1.82) is 0 Å². The van der Waals surface area contributed by atoms with Gasteiger partial charge < -0.3 is 120 Å². The van der Waals surface area contributed by atoms with Gasteiger partial charge in [-0.15, -0.1) is 0 Å². The largest absolute Gasteiger partial charge is 2.00 e. The number of carboxylic acid groups (broad SMARTS) is 10. The van der Waals surface area contributed by atoms with E-state index in [0.717, 1.165) is 11.4 Å². The molecule has 0 aliphatic rings. The molecule has 0 aliphatic carbocycles. The number of carbonyl (C=O) groups excluding carboxylic acids is 4. The van der Waals surface area contributed by atoms with Gasteiger partial charge in [-0.3, -0.25) is 28.8 Å². The van der Waals surface area contributed by atoms with Gasteiger partial charge in [0.1, 0.15) is 36.3 Å². The monoisotopic (exact) mass is 1030 g/mol. The molecule has 0 aliphatic heterocycles. The van der Waals surface area contributed by atoms with Crippen LogP contribution in [0.3, 0.4) is 0 Å². The molecule has 0 spiro atoms. The second-order valence-corrected chi connectivity index (χ2v) is 11.5. The van der Waals surface area contributed by atoms with E-state index in [1.165, 1.54) is 12.7 Å². The van der Waals surface area contributed by atoms with Crippen molar-refractivity contribution >= 4 is 59.7 Å². The molecule has 0 radical (unpaired) electrons. The summed E-state index contributed by atoms with van der Waals surface area (Å²) in [4.78, 5) is 112. The first-order valence-electron chi connectivity index (χ1n) is 16.7. The molecule has 0 saturated carbocycles. The minimum Gasteiger partial charge on any atom is -0.550 e. The van der Waals surface area contributed by atoms with Crippen LogP contribution in [0.1, 0.15) is 56.3 Å². The van der Waals surface area contributed by atoms with Crippen LogP contribution >= 0.6 is 0 Å². The Labute approximate surface area is 386 Å². The Morgan fingerprint density at radius 3 is 0.828 bits per heavy atom. The number of imidazole rings is 2. The number of aromatic amines is 2. The number of hydrogen-bond donors (Lipinski definition) is 14. The summed E-state index contributed by atoms with van der Waals surface area (Å²) in [6.45, 7) is 0. The maximum Gasteiger partial charge on any atom is 2.00 e. The van der Waals surface area contributed by atoms with Gasteiger partial charge in [0.15, 0.2) is 0 Å². The van der Waals surface area contributed by atoms with Gasteiger partial charge in [-0.05, 0) is 38.5 Å². The van der Waals surface area contributed by atoms with E-state index in [1.54, 1.807) is 12.4 Å². The number of carbonyl (C=O) groups is 10. The fourth-order valence-corrected chi connectivity index (χ4v) is 2.90. The third kappa shape index (κ3) is 48.7. The number of nitrogens with one attached hydrogen (secondary N) is 2. The topological polar surface area (TPSA) is 629 Å². The predicted octanol–water partition coefficient (Wildman–Crippen LogP) is -10.8. The first kappa shape index (κ1) is 72.5. The molecule has 6 atom stereocenters. The zero-order valence-corrected chi connectivity index (χ0v) is 39.7. The number of H-pyrrole nitrogens is 2. The van der Waals surface area contributed by atoms with Crippen LogP contribution < -0.4 is 54.8 Å². The first-order chi connectivity index (χ1) is 28.0. The number of aromatic nitrogens is 4. The number of aliphatic carboxylic acids is 10. The molecule has 2 rings (SSSR count). The average Bonchev–Trinajstić information content (AvgIpc) is 3.87. The summed E-state index contributed by atoms with van der Waals surface area (Å²) in [5.74, 6) is -12.2. The summed E-state index contributed by atoms with van der Waals surface area (Å²) in [5, 5.41) is 88.3. The van der Waals surface area contributed by atoms with Crippen molar-refractivity contribution in [2.24, 2.45) is 34.4 Å². The van der Waals surface area contributed by atoms with Crippen molar-refractivity contribution in [3.05, 3.63) is 36.4 Å². The van der Waals surface area contributed by atoms with Crippen LogP contribution in [0.15, 0.2) is 25.0 Å². The third-order valence-corrected chi connectivity index (χ3v) is 6.26. The van der Waals surface area contributed by atoms with Crippen LogP contribution in [-0.2, 0) is 99.7 Å². The van der Waals surface area contributed by atoms with Crippen LogP contribution in [0.2, 0.25) is 0 Å². The van der Waals surface area contributed by atoms with Gasteiger partial charge in [-0.2, -0.15) is 0 Å². The molecule has 2 heterocycles. The number of rotatable bonds is 21. The summed E-state index contributed by atoms with van der Waals surface area (Å²) in [7, 11) is 0. The van der Waals surface area contributed by atoms with Crippen LogP contribution in [0.4, 0.5) is 0 Å². The van der Waals surface area contributed by atoms with E-state index in [9.17, 15) is 68.4 Å². The minimum absolute atomic E-state index is 0. The second-order valence-electron chi connectivity index (χ2n) is 11.5.